The van der Waals surface area contributed by atoms with Crippen molar-refractivity contribution in [2.45, 2.75) is 49.9 Å². The van der Waals surface area contributed by atoms with E-state index in [9.17, 15) is 13.6 Å². The first-order valence-corrected chi connectivity index (χ1v) is 10.5. The number of rotatable bonds is 6. The number of nitrogens with one attached hydrogen (secondary N) is 1. The Bertz CT molecular complexity index is 758. The minimum absolute atomic E-state index is 0.131. The minimum Gasteiger partial charge on any atom is -0.481 e. The van der Waals surface area contributed by atoms with Crippen LogP contribution in [0.15, 0.2) is 18.2 Å². The van der Waals surface area contributed by atoms with E-state index in [2.05, 4.69) is 15.2 Å². The van der Waals surface area contributed by atoms with Crippen LogP contribution in [0.3, 0.4) is 0 Å². The molecule has 30 heavy (non-hydrogen) atoms. The van der Waals surface area contributed by atoms with Crippen molar-refractivity contribution in [3.8, 4) is 5.88 Å². The highest BCUT2D eigenvalue weighted by molar-refractivity contribution is 5.79. The molecule has 7 nitrogen and oxygen atoms in total. The van der Waals surface area contributed by atoms with Gasteiger partial charge in [-0.1, -0.05) is 6.07 Å². The molecule has 1 saturated carbocycles. The van der Waals surface area contributed by atoms with Crippen molar-refractivity contribution >= 4 is 5.91 Å². The molecular weight excluding hydrogens is 396 g/mol. The van der Waals surface area contributed by atoms with Gasteiger partial charge >= 0.3 is 0 Å². The number of hydrogen-bond acceptors (Lipinski definition) is 6. The first-order valence-electron chi connectivity index (χ1n) is 10.5. The van der Waals surface area contributed by atoms with E-state index in [-0.39, 0.29) is 24.9 Å². The molecule has 1 aromatic heterocycles. The van der Waals surface area contributed by atoms with Gasteiger partial charge in [-0.05, 0) is 18.9 Å². The molecule has 0 aromatic carbocycles. The summed E-state index contributed by atoms with van der Waals surface area (Å²) < 4.78 is 43.3. The summed E-state index contributed by atoms with van der Waals surface area (Å²) in [5, 5.41) is 2.79. The first kappa shape index (κ1) is 21.4. The zero-order valence-corrected chi connectivity index (χ0v) is 17.2. The van der Waals surface area contributed by atoms with Crippen LogP contribution in [0.1, 0.15) is 31.4 Å². The van der Waals surface area contributed by atoms with Gasteiger partial charge in [-0.15, -0.1) is 0 Å². The standard InChI is InChI=1S/C21H29F2N3O4/c1-28-18-4-2-3-16(25-18)12-26-7-8-29-14-20(13-26)6-5-17(30-20)11-24-19(27)15-9-21(22,23)10-15/h2-4,15,17H,5-14H2,1H3,(H,24,27)/t17-,20-/m1/s1. The monoisotopic (exact) mass is 425 g/mol. The molecule has 3 heterocycles. The second-order valence-corrected chi connectivity index (χ2v) is 8.60. The lowest BCUT2D eigenvalue weighted by molar-refractivity contribution is -0.151. The SMILES string of the molecule is COc1cccc(CN2CCOC[C@@]3(CC[C@H](CNC(=O)C4CC(F)(F)C4)O3)C2)n1. The lowest BCUT2D eigenvalue weighted by Crippen LogP contribution is -2.47. The number of alkyl halides is 2. The normalized spacial score (nSPS) is 29.4. The van der Waals surface area contributed by atoms with Crippen LogP contribution in [0, 0.1) is 5.92 Å². The number of aromatic nitrogens is 1. The molecule has 2 saturated heterocycles. The number of ether oxygens (including phenoxy) is 3. The number of carbonyl (C=O) groups excluding carboxylic acids is 1. The third kappa shape index (κ3) is 5.07. The molecule has 1 amide bonds. The van der Waals surface area contributed by atoms with Crippen molar-refractivity contribution in [2.24, 2.45) is 5.92 Å². The highest BCUT2D eigenvalue weighted by atomic mass is 19.3. The fourth-order valence-corrected chi connectivity index (χ4v) is 4.47. The molecule has 166 valence electrons. The molecule has 1 spiro atoms. The van der Waals surface area contributed by atoms with Crippen LogP contribution in [0.25, 0.3) is 0 Å². The van der Waals surface area contributed by atoms with Crippen LogP contribution < -0.4 is 10.1 Å². The molecule has 4 rings (SSSR count). The molecule has 2 aliphatic heterocycles. The van der Waals surface area contributed by atoms with Gasteiger partial charge < -0.3 is 19.5 Å². The van der Waals surface area contributed by atoms with E-state index >= 15 is 0 Å². The van der Waals surface area contributed by atoms with E-state index in [0.29, 0.717) is 38.7 Å². The molecule has 0 bridgehead atoms. The average molecular weight is 425 g/mol. The third-order valence-electron chi connectivity index (χ3n) is 6.11. The Balaban J connectivity index is 1.29. The van der Waals surface area contributed by atoms with E-state index in [1.165, 1.54) is 0 Å². The zero-order valence-electron chi connectivity index (χ0n) is 17.2. The number of pyridine rings is 1. The van der Waals surface area contributed by atoms with E-state index in [4.69, 9.17) is 14.2 Å². The summed E-state index contributed by atoms with van der Waals surface area (Å²) in [4.78, 5) is 18.8. The van der Waals surface area contributed by atoms with Crippen LogP contribution >= 0.6 is 0 Å². The molecule has 0 radical (unpaired) electrons. The predicted molar refractivity (Wildman–Crippen MR) is 104 cm³/mol. The maximum absolute atomic E-state index is 13.0. The zero-order chi connectivity index (χ0) is 21.2. The summed E-state index contributed by atoms with van der Waals surface area (Å²) in [7, 11) is 1.60. The Morgan fingerprint density at radius 2 is 2.23 bits per heavy atom. The van der Waals surface area contributed by atoms with Crippen LogP contribution in [-0.4, -0.2) is 73.4 Å². The lowest BCUT2D eigenvalue weighted by Gasteiger charge is -2.34. The van der Waals surface area contributed by atoms with Crippen molar-refractivity contribution < 1.29 is 27.8 Å². The van der Waals surface area contributed by atoms with Crippen LogP contribution in [-0.2, 0) is 20.8 Å². The Morgan fingerprint density at radius 3 is 3.00 bits per heavy atom. The van der Waals surface area contributed by atoms with Gasteiger partial charge in [0.25, 0.3) is 0 Å². The number of hydrogen-bond donors (Lipinski definition) is 1. The van der Waals surface area contributed by atoms with Gasteiger partial charge in [-0.25, -0.2) is 13.8 Å². The Labute approximate surface area is 175 Å². The molecule has 3 aliphatic rings. The third-order valence-corrected chi connectivity index (χ3v) is 6.11. The van der Waals surface area contributed by atoms with Crippen molar-refractivity contribution in [3.05, 3.63) is 23.9 Å². The number of amides is 1. The van der Waals surface area contributed by atoms with E-state index in [1.807, 2.05) is 18.2 Å². The molecule has 0 unspecified atom stereocenters. The molecule has 3 fully saturated rings. The van der Waals surface area contributed by atoms with Crippen molar-refractivity contribution in [1.82, 2.24) is 15.2 Å². The van der Waals surface area contributed by atoms with Gasteiger partial charge in [0.15, 0.2) is 0 Å². The van der Waals surface area contributed by atoms with Gasteiger partial charge in [0.1, 0.15) is 5.60 Å². The van der Waals surface area contributed by atoms with Gasteiger partial charge in [0, 0.05) is 51.0 Å². The van der Waals surface area contributed by atoms with Crippen molar-refractivity contribution in [1.29, 1.82) is 0 Å². The lowest BCUT2D eigenvalue weighted by atomic mass is 9.81. The summed E-state index contributed by atoms with van der Waals surface area (Å²) in [6.45, 7) is 3.64. The predicted octanol–water partition coefficient (Wildman–Crippen LogP) is 2.00. The van der Waals surface area contributed by atoms with E-state index in [1.54, 1.807) is 7.11 Å². The maximum Gasteiger partial charge on any atom is 0.249 e. The highest BCUT2D eigenvalue weighted by Crippen LogP contribution is 2.42. The number of methoxy groups -OCH3 is 1. The van der Waals surface area contributed by atoms with Gasteiger partial charge in [0.05, 0.1) is 32.1 Å². The molecule has 1 aliphatic carbocycles. The number of halogens is 2. The topological polar surface area (TPSA) is 72.9 Å². The van der Waals surface area contributed by atoms with Gasteiger partial charge in [-0.2, -0.15) is 0 Å². The second-order valence-electron chi connectivity index (χ2n) is 8.60. The van der Waals surface area contributed by atoms with E-state index in [0.717, 1.165) is 25.1 Å². The summed E-state index contributed by atoms with van der Waals surface area (Å²) in [5.74, 6) is -2.98. The minimum atomic E-state index is -2.69. The Morgan fingerprint density at radius 1 is 1.40 bits per heavy atom. The highest BCUT2D eigenvalue weighted by Gasteiger charge is 2.49. The summed E-state index contributed by atoms with van der Waals surface area (Å²) in [6.07, 6.45) is 0.797. The van der Waals surface area contributed by atoms with Crippen LogP contribution in [0.4, 0.5) is 8.78 Å². The molecule has 2 atom stereocenters. The maximum atomic E-state index is 13.0. The van der Waals surface area contributed by atoms with Crippen molar-refractivity contribution in [3.63, 3.8) is 0 Å². The first-order chi connectivity index (χ1) is 14.4. The summed E-state index contributed by atoms with van der Waals surface area (Å²) in [5.41, 5.74) is 0.499. The van der Waals surface area contributed by atoms with Gasteiger partial charge in [-0.3, -0.25) is 9.69 Å². The fourth-order valence-electron chi connectivity index (χ4n) is 4.47. The van der Waals surface area contributed by atoms with Crippen LogP contribution in [0.5, 0.6) is 5.88 Å². The second kappa shape index (κ2) is 8.72. The van der Waals surface area contributed by atoms with Crippen molar-refractivity contribution in [2.75, 3.05) is 40.0 Å². The number of nitrogens with zero attached hydrogens (tertiary/aromatic N) is 2. The quantitative estimate of drug-likeness (QED) is 0.752. The fraction of sp³-hybridized carbons (Fsp3) is 0.714. The van der Waals surface area contributed by atoms with Crippen LogP contribution in [0.2, 0.25) is 0 Å². The van der Waals surface area contributed by atoms with E-state index < -0.39 is 17.4 Å². The average Bonchev–Trinajstić information content (AvgIpc) is 2.99. The Hall–Kier alpha value is -1.84. The Kier molecular flexibility index (Phi) is 6.22. The molecule has 1 N–H and O–H groups in total. The largest absolute Gasteiger partial charge is 0.481 e. The molecule has 9 heteroatoms. The number of carbonyl (C=O) groups is 1. The smallest absolute Gasteiger partial charge is 0.249 e. The van der Waals surface area contributed by atoms with Gasteiger partial charge in [0.2, 0.25) is 17.7 Å². The summed E-state index contributed by atoms with van der Waals surface area (Å²) >= 11 is 0. The summed E-state index contributed by atoms with van der Waals surface area (Å²) in [6, 6.07) is 5.72. The molecular formula is C21H29F2N3O4. The molecule has 1 aromatic rings.